The normalized spacial score (nSPS) is 11.9. The number of rotatable bonds is 5. The van der Waals surface area contributed by atoms with Crippen molar-refractivity contribution in [3.05, 3.63) is 101 Å². The second-order valence-electron chi connectivity index (χ2n) is 5.62. The smallest absolute Gasteiger partial charge is 0.123 e. The van der Waals surface area contributed by atoms with Crippen LogP contribution in [0.15, 0.2) is 78.9 Å². The van der Waals surface area contributed by atoms with Gasteiger partial charge in [-0.25, -0.2) is 4.39 Å². The van der Waals surface area contributed by atoms with E-state index < -0.39 is 0 Å². The summed E-state index contributed by atoms with van der Waals surface area (Å²) in [5.74, 6) is 0.742. The lowest BCUT2D eigenvalue weighted by Crippen LogP contribution is -1.99. The van der Waals surface area contributed by atoms with E-state index in [1.54, 1.807) is 12.1 Å². The van der Waals surface area contributed by atoms with Crippen LogP contribution in [0.3, 0.4) is 0 Å². The van der Waals surface area contributed by atoms with E-state index in [0.29, 0.717) is 6.61 Å². The topological polar surface area (TPSA) is 9.23 Å². The second kappa shape index (κ2) is 7.10. The first-order chi connectivity index (χ1) is 11.2. The molecule has 1 atom stereocenters. The van der Waals surface area contributed by atoms with E-state index in [-0.39, 0.29) is 11.7 Å². The fraction of sp³-hybridized carbons (Fsp3) is 0.143. The van der Waals surface area contributed by atoms with Gasteiger partial charge < -0.3 is 4.74 Å². The highest BCUT2D eigenvalue weighted by atomic mass is 19.1. The van der Waals surface area contributed by atoms with Gasteiger partial charge in [0.15, 0.2) is 0 Å². The zero-order valence-electron chi connectivity index (χ0n) is 13.1. The Bertz CT molecular complexity index is 768. The molecule has 0 spiro atoms. The third-order valence-electron chi connectivity index (χ3n) is 3.96. The van der Waals surface area contributed by atoms with Crippen molar-refractivity contribution in [2.45, 2.75) is 19.4 Å². The molecule has 0 saturated heterocycles. The minimum Gasteiger partial charge on any atom is -0.489 e. The van der Waals surface area contributed by atoms with Gasteiger partial charge in [0.05, 0.1) is 0 Å². The van der Waals surface area contributed by atoms with E-state index >= 15 is 0 Å². The van der Waals surface area contributed by atoms with Crippen LogP contribution in [0.2, 0.25) is 0 Å². The summed E-state index contributed by atoms with van der Waals surface area (Å²) in [4.78, 5) is 0. The van der Waals surface area contributed by atoms with E-state index in [9.17, 15) is 4.39 Å². The highest BCUT2D eigenvalue weighted by molar-refractivity contribution is 5.37. The summed E-state index contributed by atoms with van der Waals surface area (Å²) in [6.07, 6.45) is 0. The van der Waals surface area contributed by atoms with Crippen molar-refractivity contribution in [1.29, 1.82) is 0 Å². The molecule has 0 aliphatic carbocycles. The first-order valence-electron chi connectivity index (χ1n) is 7.74. The molecule has 0 N–H and O–H groups in total. The van der Waals surface area contributed by atoms with Crippen LogP contribution in [-0.2, 0) is 6.61 Å². The molecule has 1 nitrogen and oxygen atoms in total. The van der Waals surface area contributed by atoms with Crippen molar-refractivity contribution in [3.63, 3.8) is 0 Å². The zero-order valence-corrected chi connectivity index (χ0v) is 13.1. The van der Waals surface area contributed by atoms with Crippen molar-refractivity contribution < 1.29 is 9.13 Å². The van der Waals surface area contributed by atoms with Gasteiger partial charge >= 0.3 is 0 Å². The van der Waals surface area contributed by atoms with Crippen molar-refractivity contribution >= 4 is 0 Å². The first kappa shape index (κ1) is 15.3. The van der Waals surface area contributed by atoms with Crippen LogP contribution < -0.4 is 4.74 Å². The molecule has 0 aliphatic heterocycles. The van der Waals surface area contributed by atoms with Gasteiger partial charge in [0, 0.05) is 5.92 Å². The molecular formula is C21H19FO. The molecule has 0 amide bonds. The van der Waals surface area contributed by atoms with Crippen LogP contribution in [-0.4, -0.2) is 0 Å². The van der Waals surface area contributed by atoms with Crippen LogP contribution in [0.4, 0.5) is 4.39 Å². The molecule has 116 valence electrons. The SMILES string of the molecule is CC(c1cccc(F)c1)c1cccc(OCc2ccccc2)c1. The largest absolute Gasteiger partial charge is 0.489 e. The number of hydrogen-bond acceptors (Lipinski definition) is 1. The molecule has 3 aromatic rings. The first-order valence-corrected chi connectivity index (χ1v) is 7.74. The van der Waals surface area contributed by atoms with Crippen molar-refractivity contribution in [3.8, 4) is 5.75 Å². The fourth-order valence-electron chi connectivity index (χ4n) is 2.58. The predicted octanol–water partition coefficient (Wildman–Crippen LogP) is 5.56. The van der Waals surface area contributed by atoms with Gasteiger partial charge in [-0.2, -0.15) is 0 Å². The van der Waals surface area contributed by atoms with Gasteiger partial charge in [-0.05, 0) is 41.0 Å². The van der Waals surface area contributed by atoms with Gasteiger partial charge in [0.1, 0.15) is 18.2 Å². The Balaban J connectivity index is 1.74. The molecule has 0 bridgehead atoms. The van der Waals surface area contributed by atoms with Gasteiger partial charge in [-0.3, -0.25) is 0 Å². The van der Waals surface area contributed by atoms with Crippen LogP contribution in [0.1, 0.15) is 29.5 Å². The quantitative estimate of drug-likeness (QED) is 0.600. The number of benzene rings is 3. The molecule has 0 aromatic heterocycles. The van der Waals surface area contributed by atoms with E-state index in [2.05, 4.69) is 6.92 Å². The molecule has 0 aliphatic rings. The molecular weight excluding hydrogens is 287 g/mol. The summed E-state index contributed by atoms with van der Waals surface area (Å²) >= 11 is 0. The van der Waals surface area contributed by atoms with Crippen LogP contribution in [0.25, 0.3) is 0 Å². The summed E-state index contributed by atoms with van der Waals surface area (Å²) in [6, 6.07) is 24.8. The van der Waals surface area contributed by atoms with E-state index in [1.165, 1.54) is 6.07 Å². The maximum absolute atomic E-state index is 13.4. The minimum absolute atomic E-state index is 0.117. The van der Waals surface area contributed by atoms with Crippen molar-refractivity contribution in [1.82, 2.24) is 0 Å². The van der Waals surface area contributed by atoms with E-state index in [0.717, 1.165) is 22.4 Å². The van der Waals surface area contributed by atoms with Crippen molar-refractivity contribution in [2.75, 3.05) is 0 Å². The lowest BCUT2D eigenvalue weighted by Gasteiger charge is -2.14. The van der Waals surface area contributed by atoms with Gasteiger partial charge in [0.25, 0.3) is 0 Å². The lowest BCUT2D eigenvalue weighted by atomic mass is 9.93. The third-order valence-corrected chi connectivity index (χ3v) is 3.96. The summed E-state index contributed by atoms with van der Waals surface area (Å²) < 4.78 is 19.3. The summed E-state index contributed by atoms with van der Waals surface area (Å²) in [6.45, 7) is 2.61. The molecule has 23 heavy (non-hydrogen) atoms. The highest BCUT2D eigenvalue weighted by Crippen LogP contribution is 2.27. The molecule has 1 unspecified atom stereocenters. The molecule has 0 saturated carbocycles. The summed E-state index contributed by atoms with van der Waals surface area (Å²) in [7, 11) is 0. The highest BCUT2D eigenvalue weighted by Gasteiger charge is 2.10. The fourth-order valence-corrected chi connectivity index (χ4v) is 2.58. The number of halogens is 1. The molecule has 0 radical (unpaired) electrons. The molecule has 0 heterocycles. The third kappa shape index (κ3) is 3.98. The standard InChI is InChI=1S/C21H19FO/c1-16(18-9-5-11-20(22)13-18)19-10-6-12-21(14-19)23-15-17-7-3-2-4-8-17/h2-14,16H,15H2,1H3. The Labute approximate surface area is 136 Å². The molecule has 3 aromatic carbocycles. The molecule has 2 heteroatoms. The van der Waals surface area contributed by atoms with E-state index in [4.69, 9.17) is 4.74 Å². The molecule has 3 rings (SSSR count). The zero-order chi connectivity index (χ0) is 16.1. The van der Waals surface area contributed by atoms with Crippen LogP contribution >= 0.6 is 0 Å². The Kier molecular flexibility index (Phi) is 4.72. The van der Waals surface area contributed by atoms with Gasteiger partial charge in [-0.1, -0.05) is 61.5 Å². The number of ether oxygens (including phenoxy) is 1. The van der Waals surface area contributed by atoms with Gasteiger partial charge in [-0.15, -0.1) is 0 Å². The Hall–Kier alpha value is -2.61. The lowest BCUT2D eigenvalue weighted by molar-refractivity contribution is 0.306. The summed E-state index contributed by atoms with van der Waals surface area (Å²) in [5.41, 5.74) is 3.21. The minimum atomic E-state index is -0.203. The summed E-state index contributed by atoms with van der Waals surface area (Å²) in [5, 5.41) is 0. The monoisotopic (exact) mass is 306 g/mol. The van der Waals surface area contributed by atoms with Crippen LogP contribution in [0, 0.1) is 5.82 Å². The van der Waals surface area contributed by atoms with Gasteiger partial charge in [0.2, 0.25) is 0 Å². The average molecular weight is 306 g/mol. The maximum atomic E-state index is 13.4. The Morgan fingerprint density at radius 3 is 2.26 bits per heavy atom. The Morgan fingerprint density at radius 2 is 1.52 bits per heavy atom. The molecule has 0 fully saturated rings. The number of hydrogen-bond donors (Lipinski definition) is 0. The maximum Gasteiger partial charge on any atom is 0.123 e. The second-order valence-corrected chi connectivity index (χ2v) is 5.62. The Morgan fingerprint density at radius 1 is 0.826 bits per heavy atom. The van der Waals surface area contributed by atoms with Crippen LogP contribution in [0.5, 0.6) is 5.75 Å². The average Bonchev–Trinajstić information content (AvgIpc) is 2.60. The van der Waals surface area contributed by atoms with E-state index in [1.807, 2.05) is 60.7 Å². The van der Waals surface area contributed by atoms with Crippen molar-refractivity contribution in [2.24, 2.45) is 0 Å². The predicted molar refractivity (Wildman–Crippen MR) is 91.1 cm³/mol.